The van der Waals surface area contributed by atoms with E-state index in [-0.39, 0.29) is 10.8 Å². The molecule has 0 aliphatic carbocycles. The van der Waals surface area contributed by atoms with Gasteiger partial charge >= 0.3 is 0 Å². The summed E-state index contributed by atoms with van der Waals surface area (Å²) in [5.41, 5.74) is 5.40. The van der Waals surface area contributed by atoms with Crippen molar-refractivity contribution in [1.82, 2.24) is 0 Å². The van der Waals surface area contributed by atoms with Crippen LogP contribution in [0.4, 0.5) is 11.4 Å². The molecule has 0 fully saturated rings. The maximum atomic E-state index is 13.2. The maximum absolute atomic E-state index is 13.2. The molecule has 1 amide bonds. The maximum Gasteiger partial charge on any atom is 0.262 e. The first kappa shape index (κ1) is 20.2. The molecule has 5 nitrogen and oxygen atoms in total. The molecule has 1 aliphatic heterocycles. The molecule has 0 saturated heterocycles. The largest absolute Gasteiger partial charge is 0.308 e. The molecule has 0 bridgehead atoms. The topological polar surface area (TPSA) is 66.5 Å². The zero-order valence-corrected chi connectivity index (χ0v) is 18.1. The third-order valence-electron chi connectivity index (χ3n) is 5.48. The highest BCUT2D eigenvalue weighted by Gasteiger charge is 2.27. The zero-order chi connectivity index (χ0) is 21.5. The summed E-state index contributed by atoms with van der Waals surface area (Å²) in [6.07, 6.45) is 0.799. The molecule has 0 spiro atoms. The monoisotopic (exact) mass is 420 g/mol. The SMILES string of the molecule is Cc1ccc(NS(=O)(=O)c2cc(C(=O)N3CCc4ccccc43)ccc2C)c(C)c1. The molecule has 3 aromatic carbocycles. The average Bonchev–Trinajstić information content (AvgIpc) is 3.14. The average molecular weight is 421 g/mol. The fraction of sp³-hybridized carbons (Fsp3) is 0.208. The number of nitrogens with zero attached hydrogens (tertiary/aromatic N) is 1. The summed E-state index contributed by atoms with van der Waals surface area (Å²) >= 11 is 0. The van der Waals surface area contributed by atoms with Gasteiger partial charge in [0.2, 0.25) is 0 Å². The lowest BCUT2D eigenvalue weighted by molar-refractivity contribution is 0.0989. The van der Waals surface area contributed by atoms with E-state index in [0.717, 1.165) is 28.8 Å². The molecule has 4 rings (SSSR count). The Labute approximate surface area is 177 Å². The van der Waals surface area contributed by atoms with Crippen molar-refractivity contribution >= 4 is 27.3 Å². The van der Waals surface area contributed by atoms with Crippen molar-refractivity contribution in [3.63, 3.8) is 0 Å². The Balaban J connectivity index is 1.67. The molecule has 154 valence electrons. The first-order chi connectivity index (χ1) is 14.3. The number of benzene rings is 3. The number of hydrogen-bond acceptors (Lipinski definition) is 3. The molecular weight excluding hydrogens is 396 g/mol. The second-order valence-electron chi connectivity index (χ2n) is 7.74. The van der Waals surface area contributed by atoms with Crippen LogP contribution in [0.2, 0.25) is 0 Å². The standard InChI is InChI=1S/C24H24N2O3S/c1-16-8-11-21(18(3)14-16)25-30(28,29)23-15-20(10-9-17(23)2)24(27)26-13-12-19-6-4-5-7-22(19)26/h4-11,14-15,25H,12-13H2,1-3H3. The molecule has 0 unspecified atom stereocenters. The van der Waals surface area contributed by atoms with Crippen molar-refractivity contribution in [3.05, 3.63) is 88.5 Å². The van der Waals surface area contributed by atoms with E-state index >= 15 is 0 Å². The number of para-hydroxylation sites is 1. The highest BCUT2D eigenvalue weighted by molar-refractivity contribution is 7.92. The second-order valence-corrected chi connectivity index (χ2v) is 9.39. The predicted molar refractivity (Wildman–Crippen MR) is 120 cm³/mol. The van der Waals surface area contributed by atoms with Gasteiger partial charge in [0.15, 0.2) is 0 Å². The van der Waals surface area contributed by atoms with Crippen molar-refractivity contribution in [1.29, 1.82) is 0 Å². The van der Waals surface area contributed by atoms with Gasteiger partial charge < -0.3 is 4.90 Å². The van der Waals surface area contributed by atoms with Crippen molar-refractivity contribution in [2.45, 2.75) is 32.1 Å². The van der Waals surface area contributed by atoms with Gasteiger partial charge in [-0.15, -0.1) is 0 Å². The summed E-state index contributed by atoms with van der Waals surface area (Å²) in [6, 6.07) is 18.2. The molecule has 6 heteroatoms. The van der Waals surface area contributed by atoms with Crippen LogP contribution < -0.4 is 9.62 Å². The van der Waals surface area contributed by atoms with Crippen molar-refractivity contribution in [2.75, 3.05) is 16.2 Å². The highest BCUT2D eigenvalue weighted by atomic mass is 32.2. The number of rotatable bonds is 4. The zero-order valence-electron chi connectivity index (χ0n) is 17.3. The van der Waals surface area contributed by atoms with Gasteiger partial charge in [-0.1, -0.05) is 42.0 Å². The summed E-state index contributed by atoms with van der Waals surface area (Å²) in [5.74, 6) is -0.192. The van der Waals surface area contributed by atoms with Crippen LogP contribution in [0.25, 0.3) is 0 Å². The summed E-state index contributed by atoms with van der Waals surface area (Å²) in [4.78, 5) is 15.0. The Bertz CT molecular complexity index is 1250. The number of aryl methyl sites for hydroxylation is 3. The molecule has 1 heterocycles. The Hall–Kier alpha value is -3.12. The van der Waals surface area contributed by atoms with Crippen LogP contribution in [0.1, 0.15) is 32.6 Å². The number of amides is 1. The van der Waals surface area contributed by atoms with Crippen LogP contribution in [0.3, 0.4) is 0 Å². The van der Waals surface area contributed by atoms with Crippen molar-refractivity contribution in [3.8, 4) is 0 Å². The number of sulfonamides is 1. The second kappa shape index (κ2) is 7.61. The van der Waals surface area contributed by atoms with Crippen molar-refractivity contribution < 1.29 is 13.2 Å². The molecule has 1 aliphatic rings. The number of anilines is 2. The number of hydrogen-bond donors (Lipinski definition) is 1. The molecule has 3 aromatic rings. The Morgan fingerprint density at radius 2 is 1.70 bits per heavy atom. The van der Waals surface area contributed by atoms with Crippen LogP contribution in [0, 0.1) is 20.8 Å². The Kier molecular flexibility index (Phi) is 5.12. The number of fused-ring (bicyclic) bond motifs is 1. The Morgan fingerprint density at radius 3 is 2.47 bits per heavy atom. The van der Waals surface area contributed by atoms with Gasteiger partial charge in [0.25, 0.3) is 15.9 Å². The number of carbonyl (C=O) groups is 1. The summed E-state index contributed by atoms with van der Waals surface area (Å²) in [6.45, 7) is 6.15. The number of nitrogens with one attached hydrogen (secondary N) is 1. The van der Waals surface area contributed by atoms with E-state index in [1.807, 2.05) is 50.2 Å². The van der Waals surface area contributed by atoms with Gasteiger partial charge in [-0.25, -0.2) is 8.42 Å². The van der Waals surface area contributed by atoms with Gasteiger partial charge in [-0.2, -0.15) is 0 Å². The first-order valence-electron chi connectivity index (χ1n) is 9.87. The third kappa shape index (κ3) is 3.71. The van der Waals surface area contributed by atoms with Crippen LogP contribution in [-0.4, -0.2) is 20.9 Å². The van der Waals surface area contributed by atoms with E-state index < -0.39 is 10.0 Å². The summed E-state index contributed by atoms with van der Waals surface area (Å²) in [5, 5.41) is 0. The van der Waals surface area contributed by atoms with E-state index in [1.54, 1.807) is 30.0 Å². The van der Waals surface area contributed by atoms with Crippen LogP contribution >= 0.6 is 0 Å². The van der Waals surface area contributed by atoms with E-state index in [1.165, 1.54) is 6.07 Å². The Morgan fingerprint density at radius 1 is 0.933 bits per heavy atom. The van der Waals surface area contributed by atoms with E-state index in [4.69, 9.17) is 0 Å². The van der Waals surface area contributed by atoms with Gasteiger partial charge in [0.1, 0.15) is 0 Å². The molecule has 0 aromatic heterocycles. The normalized spacial score (nSPS) is 13.2. The minimum atomic E-state index is -3.84. The first-order valence-corrected chi connectivity index (χ1v) is 11.3. The molecule has 30 heavy (non-hydrogen) atoms. The minimum absolute atomic E-state index is 0.112. The van der Waals surface area contributed by atoms with Crippen LogP contribution in [-0.2, 0) is 16.4 Å². The predicted octanol–water partition coefficient (Wildman–Crippen LogP) is 4.62. The molecule has 0 radical (unpaired) electrons. The lowest BCUT2D eigenvalue weighted by Gasteiger charge is -2.19. The van der Waals surface area contributed by atoms with Gasteiger partial charge in [0, 0.05) is 17.8 Å². The third-order valence-corrected chi connectivity index (χ3v) is 6.99. The van der Waals surface area contributed by atoms with Gasteiger partial charge in [-0.3, -0.25) is 9.52 Å². The summed E-state index contributed by atoms with van der Waals surface area (Å²) in [7, 11) is -3.84. The smallest absolute Gasteiger partial charge is 0.262 e. The molecule has 0 atom stereocenters. The van der Waals surface area contributed by atoms with Crippen molar-refractivity contribution in [2.24, 2.45) is 0 Å². The van der Waals surface area contributed by atoms with E-state index in [2.05, 4.69) is 4.72 Å². The van der Waals surface area contributed by atoms with Gasteiger partial charge in [-0.05, 0) is 68.1 Å². The highest BCUT2D eigenvalue weighted by Crippen LogP contribution is 2.30. The van der Waals surface area contributed by atoms with Gasteiger partial charge in [0.05, 0.1) is 10.6 Å². The quantitative estimate of drug-likeness (QED) is 0.670. The summed E-state index contributed by atoms with van der Waals surface area (Å²) < 4.78 is 28.9. The van der Waals surface area contributed by atoms with E-state index in [0.29, 0.717) is 23.4 Å². The fourth-order valence-corrected chi connectivity index (χ4v) is 5.26. The lowest BCUT2D eigenvalue weighted by Crippen LogP contribution is -2.29. The van der Waals surface area contributed by atoms with Crippen LogP contribution in [0.15, 0.2) is 65.6 Å². The fourth-order valence-electron chi connectivity index (χ4n) is 3.86. The lowest BCUT2D eigenvalue weighted by atomic mass is 10.1. The van der Waals surface area contributed by atoms with Crippen LogP contribution in [0.5, 0.6) is 0 Å². The molecule has 0 saturated carbocycles. The number of carbonyl (C=O) groups excluding carboxylic acids is 1. The minimum Gasteiger partial charge on any atom is -0.308 e. The van der Waals surface area contributed by atoms with E-state index in [9.17, 15) is 13.2 Å². The molecular formula is C24H24N2O3S. The molecule has 1 N–H and O–H groups in total.